The fourth-order valence-electron chi connectivity index (χ4n) is 5.76. The second-order valence-electron chi connectivity index (χ2n) is 9.38. The number of alkyl halides is 3. The Hall–Kier alpha value is -1.79. The Morgan fingerprint density at radius 1 is 0.897 bits per heavy atom. The van der Waals surface area contributed by atoms with Gasteiger partial charge < -0.3 is 9.80 Å². The van der Waals surface area contributed by atoms with Gasteiger partial charge in [0.25, 0.3) is 0 Å². The second kappa shape index (κ2) is 6.88. The fraction of sp³-hybridized carbons (Fsp3) is 0.727. The van der Waals surface area contributed by atoms with Crippen molar-refractivity contribution in [2.75, 3.05) is 13.1 Å². The number of likely N-dealkylation sites (tertiary alicyclic amines) is 1. The number of allylic oxidation sites excluding steroid dienone is 4. The molecule has 2 aliphatic heterocycles. The standard InChI is InChI=1S/C22H27F3N2O2/c23-22(24,25)19-4-2-1-3-18(19)21(29)27-16-7-8-17(27)12-26(11-16)20(28)15-9-14(10-15)13-5-6-13/h1-2,15-19H,3-12H2/t16-,17+,18-,19-/m1/s1. The Bertz CT molecular complexity index is 759. The van der Waals surface area contributed by atoms with Gasteiger partial charge in [-0.2, -0.15) is 13.2 Å². The molecular weight excluding hydrogens is 381 g/mol. The quantitative estimate of drug-likeness (QED) is 0.652. The normalized spacial score (nSPS) is 36.3. The summed E-state index contributed by atoms with van der Waals surface area (Å²) in [5.41, 5.74) is 2.99. The van der Waals surface area contributed by atoms with Gasteiger partial charge in [-0.25, -0.2) is 0 Å². The Balaban J connectivity index is 1.25. The molecule has 5 rings (SSSR count). The van der Waals surface area contributed by atoms with E-state index in [-0.39, 0.29) is 42.7 Å². The predicted octanol–water partition coefficient (Wildman–Crippen LogP) is 3.83. The molecule has 7 heteroatoms. The van der Waals surface area contributed by atoms with Crippen LogP contribution in [0.1, 0.15) is 51.4 Å². The number of piperazine rings is 1. The third-order valence-electron chi connectivity index (χ3n) is 7.55. The van der Waals surface area contributed by atoms with E-state index in [1.165, 1.54) is 30.1 Å². The van der Waals surface area contributed by atoms with Crippen LogP contribution >= 0.6 is 0 Å². The van der Waals surface area contributed by atoms with Crippen LogP contribution in [0.4, 0.5) is 13.2 Å². The molecule has 4 fully saturated rings. The van der Waals surface area contributed by atoms with Gasteiger partial charge in [0.1, 0.15) is 0 Å². The first-order chi connectivity index (χ1) is 13.8. The van der Waals surface area contributed by atoms with Crippen molar-refractivity contribution in [1.29, 1.82) is 0 Å². The van der Waals surface area contributed by atoms with Crippen LogP contribution < -0.4 is 0 Å². The molecule has 0 aromatic carbocycles. The first-order valence-corrected chi connectivity index (χ1v) is 10.9. The molecule has 2 saturated heterocycles. The average Bonchev–Trinajstić information content (AvgIpc) is 3.44. The molecule has 2 heterocycles. The smallest absolute Gasteiger partial charge is 0.338 e. The topological polar surface area (TPSA) is 40.6 Å². The number of carbonyl (C=O) groups is 2. The fourth-order valence-corrected chi connectivity index (χ4v) is 5.76. The molecule has 0 aromatic heterocycles. The SMILES string of the molecule is O=C(C1CC(=C2CC2)C1)N1C[C@H]2CC[C@@H](C1)N2C(=O)[C@@H]1CC=CC[C@H]1C(F)(F)F. The van der Waals surface area contributed by atoms with E-state index in [0.29, 0.717) is 13.1 Å². The first kappa shape index (κ1) is 19.2. The van der Waals surface area contributed by atoms with E-state index in [9.17, 15) is 22.8 Å². The van der Waals surface area contributed by atoms with E-state index in [1.807, 2.05) is 4.90 Å². The molecule has 158 valence electrons. The second-order valence-corrected chi connectivity index (χ2v) is 9.38. The molecule has 29 heavy (non-hydrogen) atoms. The number of carbonyl (C=O) groups excluding carboxylic acids is 2. The monoisotopic (exact) mass is 408 g/mol. The molecular formula is C22H27F3N2O2. The molecule has 3 aliphatic carbocycles. The highest BCUT2D eigenvalue weighted by Gasteiger charge is 2.52. The molecule has 2 amide bonds. The number of amides is 2. The van der Waals surface area contributed by atoms with Gasteiger partial charge in [0.05, 0.1) is 11.8 Å². The van der Waals surface area contributed by atoms with Gasteiger partial charge in [0, 0.05) is 31.1 Å². The molecule has 0 radical (unpaired) electrons. The van der Waals surface area contributed by atoms with Gasteiger partial charge >= 0.3 is 6.18 Å². The van der Waals surface area contributed by atoms with Gasteiger partial charge in [0.2, 0.25) is 11.8 Å². The van der Waals surface area contributed by atoms with Crippen molar-refractivity contribution in [3.63, 3.8) is 0 Å². The summed E-state index contributed by atoms with van der Waals surface area (Å²) in [7, 11) is 0. The van der Waals surface area contributed by atoms with Crippen LogP contribution in [0.25, 0.3) is 0 Å². The summed E-state index contributed by atoms with van der Waals surface area (Å²) < 4.78 is 40.4. The van der Waals surface area contributed by atoms with Gasteiger partial charge in [-0.05, 0) is 51.4 Å². The van der Waals surface area contributed by atoms with E-state index >= 15 is 0 Å². The summed E-state index contributed by atoms with van der Waals surface area (Å²) in [6.07, 6.45) is 4.61. The highest BCUT2D eigenvalue weighted by Crippen LogP contribution is 2.46. The molecule has 4 atom stereocenters. The maximum Gasteiger partial charge on any atom is 0.392 e. The third-order valence-corrected chi connectivity index (χ3v) is 7.55. The van der Waals surface area contributed by atoms with E-state index < -0.39 is 18.0 Å². The number of hydrogen-bond acceptors (Lipinski definition) is 2. The first-order valence-electron chi connectivity index (χ1n) is 10.9. The minimum atomic E-state index is -4.36. The van der Waals surface area contributed by atoms with Crippen molar-refractivity contribution in [3.8, 4) is 0 Å². The van der Waals surface area contributed by atoms with E-state index in [0.717, 1.165) is 25.7 Å². The van der Waals surface area contributed by atoms with Crippen molar-refractivity contribution >= 4 is 11.8 Å². The van der Waals surface area contributed by atoms with E-state index in [4.69, 9.17) is 0 Å². The van der Waals surface area contributed by atoms with Crippen LogP contribution in [0.3, 0.4) is 0 Å². The highest BCUT2D eigenvalue weighted by molar-refractivity contribution is 5.83. The number of hydrogen-bond donors (Lipinski definition) is 0. The van der Waals surface area contributed by atoms with Crippen LogP contribution in [-0.4, -0.2) is 53.0 Å². The summed E-state index contributed by atoms with van der Waals surface area (Å²) >= 11 is 0. The van der Waals surface area contributed by atoms with E-state index in [1.54, 1.807) is 11.0 Å². The number of halogens is 3. The molecule has 0 aromatic rings. The van der Waals surface area contributed by atoms with Crippen LogP contribution in [0.5, 0.6) is 0 Å². The van der Waals surface area contributed by atoms with Crippen LogP contribution in [0.2, 0.25) is 0 Å². The molecule has 4 nitrogen and oxygen atoms in total. The Labute approximate surface area is 168 Å². The molecule has 5 aliphatic rings. The Morgan fingerprint density at radius 2 is 1.52 bits per heavy atom. The number of rotatable bonds is 2. The lowest BCUT2D eigenvalue weighted by atomic mass is 9.78. The predicted molar refractivity (Wildman–Crippen MR) is 101 cm³/mol. The summed E-state index contributed by atoms with van der Waals surface area (Å²) in [5, 5.41) is 0. The van der Waals surface area contributed by atoms with Gasteiger partial charge in [-0.1, -0.05) is 23.3 Å². The molecule has 0 unspecified atom stereocenters. The third kappa shape index (κ3) is 3.40. The van der Waals surface area contributed by atoms with Gasteiger partial charge in [0.15, 0.2) is 0 Å². The largest absolute Gasteiger partial charge is 0.392 e. The van der Waals surface area contributed by atoms with Gasteiger partial charge in [-0.3, -0.25) is 9.59 Å². The maximum absolute atomic E-state index is 13.5. The Kier molecular flexibility index (Phi) is 4.55. The summed E-state index contributed by atoms with van der Waals surface area (Å²) in [4.78, 5) is 29.6. The lowest BCUT2D eigenvalue weighted by molar-refractivity contribution is -0.196. The summed E-state index contributed by atoms with van der Waals surface area (Å²) in [6.45, 7) is 0.950. The molecule has 2 bridgehead atoms. The minimum Gasteiger partial charge on any atom is -0.338 e. The highest BCUT2D eigenvalue weighted by atomic mass is 19.4. The zero-order chi connectivity index (χ0) is 20.3. The maximum atomic E-state index is 13.5. The zero-order valence-corrected chi connectivity index (χ0v) is 16.5. The molecule has 0 spiro atoms. The van der Waals surface area contributed by atoms with E-state index in [2.05, 4.69) is 0 Å². The molecule has 0 N–H and O–H groups in total. The summed E-state index contributed by atoms with van der Waals surface area (Å²) in [6, 6.07) is -0.266. The average molecular weight is 408 g/mol. The minimum absolute atomic E-state index is 0.0674. The zero-order valence-electron chi connectivity index (χ0n) is 16.5. The van der Waals surface area contributed by atoms with Gasteiger partial charge in [-0.15, -0.1) is 0 Å². The van der Waals surface area contributed by atoms with Crippen LogP contribution in [-0.2, 0) is 9.59 Å². The molecule has 2 saturated carbocycles. The lowest BCUT2D eigenvalue weighted by Crippen LogP contribution is -2.60. The van der Waals surface area contributed by atoms with Crippen LogP contribution in [0.15, 0.2) is 23.3 Å². The van der Waals surface area contributed by atoms with Crippen molar-refractivity contribution in [2.45, 2.75) is 69.6 Å². The lowest BCUT2D eigenvalue weighted by Gasteiger charge is -2.45. The van der Waals surface area contributed by atoms with Crippen molar-refractivity contribution in [1.82, 2.24) is 9.80 Å². The van der Waals surface area contributed by atoms with Crippen molar-refractivity contribution < 1.29 is 22.8 Å². The van der Waals surface area contributed by atoms with Crippen LogP contribution in [0, 0.1) is 17.8 Å². The van der Waals surface area contributed by atoms with Crippen molar-refractivity contribution in [3.05, 3.63) is 23.3 Å². The van der Waals surface area contributed by atoms with Crippen molar-refractivity contribution in [2.24, 2.45) is 17.8 Å². The number of fused-ring (bicyclic) bond motifs is 2. The Morgan fingerprint density at radius 3 is 2.10 bits per heavy atom. The number of nitrogens with zero attached hydrogens (tertiary/aromatic N) is 2. The summed E-state index contributed by atoms with van der Waals surface area (Å²) in [5.74, 6) is -2.74.